The molecule has 1 aliphatic heterocycles. The number of pyridine rings is 1. The van der Waals surface area contributed by atoms with Crippen LogP contribution >= 0.6 is 0 Å². The summed E-state index contributed by atoms with van der Waals surface area (Å²) < 4.78 is 13.4. The third-order valence-corrected chi connectivity index (χ3v) is 5.42. The van der Waals surface area contributed by atoms with Crippen molar-refractivity contribution in [1.82, 2.24) is 29.6 Å². The molecule has 164 valence electrons. The summed E-state index contributed by atoms with van der Waals surface area (Å²) in [5, 5.41) is 11.2. The monoisotopic (exact) mass is 434 g/mol. The Kier molecular flexibility index (Phi) is 5.28. The highest BCUT2D eigenvalue weighted by Gasteiger charge is 2.20. The predicted octanol–water partition coefficient (Wildman–Crippen LogP) is 1.82. The fourth-order valence-corrected chi connectivity index (χ4v) is 3.69. The molecule has 1 fully saturated rings. The van der Waals surface area contributed by atoms with Crippen molar-refractivity contribution in [2.75, 3.05) is 13.2 Å². The number of aryl methyl sites for hydroxylation is 1. The minimum absolute atomic E-state index is 0.0311. The van der Waals surface area contributed by atoms with Crippen molar-refractivity contribution in [3.05, 3.63) is 58.6 Å². The molecule has 10 heteroatoms. The molecule has 1 atom stereocenters. The van der Waals surface area contributed by atoms with E-state index >= 15 is 0 Å². The van der Waals surface area contributed by atoms with Gasteiger partial charge in [-0.25, -0.2) is 13.9 Å². The molecule has 0 radical (unpaired) electrons. The van der Waals surface area contributed by atoms with Gasteiger partial charge in [0.15, 0.2) is 5.65 Å². The fourth-order valence-electron chi connectivity index (χ4n) is 3.69. The number of benzene rings is 1. The van der Waals surface area contributed by atoms with E-state index in [-0.39, 0.29) is 24.4 Å². The van der Waals surface area contributed by atoms with Crippen LogP contribution in [0.15, 0.2) is 51.9 Å². The Morgan fingerprint density at radius 3 is 2.88 bits per heavy atom. The summed E-state index contributed by atoms with van der Waals surface area (Å²) in [5.74, 6) is 0.385. The number of hydrogen-bond donors (Lipinski definition) is 1. The molecule has 0 bridgehead atoms. The highest BCUT2D eigenvalue weighted by atomic mass is 16.5. The molecule has 1 aliphatic rings. The van der Waals surface area contributed by atoms with E-state index in [2.05, 4.69) is 20.6 Å². The predicted molar refractivity (Wildman–Crippen MR) is 115 cm³/mol. The van der Waals surface area contributed by atoms with Crippen molar-refractivity contribution < 1.29 is 14.1 Å². The van der Waals surface area contributed by atoms with Crippen LogP contribution in [-0.4, -0.2) is 49.5 Å². The van der Waals surface area contributed by atoms with Gasteiger partial charge in [0.25, 0.3) is 5.89 Å². The quantitative estimate of drug-likeness (QED) is 0.492. The maximum atomic E-state index is 12.8. The molecule has 1 aromatic carbocycles. The van der Waals surface area contributed by atoms with Crippen LogP contribution < -0.4 is 11.0 Å². The second-order valence-corrected chi connectivity index (χ2v) is 7.78. The number of carbonyl (C=O) groups is 1. The number of carbonyl (C=O) groups excluding carboxylic acids is 1. The lowest BCUT2D eigenvalue weighted by molar-refractivity contribution is -0.122. The average Bonchev–Trinajstić information content (AvgIpc) is 3.55. The van der Waals surface area contributed by atoms with Crippen molar-refractivity contribution in [2.45, 2.75) is 32.4 Å². The van der Waals surface area contributed by atoms with Crippen molar-refractivity contribution in [2.24, 2.45) is 0 Å². The van der Waals surface area contributed by atoms with Gasteiger partial charge in [0, 0.05) is 24.9 Å². The van der Waals surface area contributed by atoms with E-state index in [4.69, 9.17) is 9.26 Å². The summed E-state index contributed by atoms with van der Waals surface area (Å²) in [6.07, 6.45) is 3.54. The van der Waals surface area contributed by atoms with Gasteiger partial charge in [-0.2, -0.15) is 4.98 Å². The van der Waals surface area contributed by atoms with Crippen LogP contribution in [0.2, 0.25) is 0 Å². The first-order valence-electron chi connectivity index (χ1n) is 10.5. The van der Waals surface area contributed by atoms with Crippen LogP contribution in [0.1, 0.15) is 18.4 Å². The number of nitrogens with one attached hydrogen (secondary N) is 1. The summed E-state index contributed by atoms with van der Waals surface area (Å²) >= 11 is 0. The minimum atomic E-state index is -0.424. The van der Waals surface area contributed by atoms with Gasteiger partial charge in [-0.15, -0.1) is 5.10 Å². The molecule has 1 amide bonds. The minimum Gasteiger partial charge on any atom is -0.376 e. The molecule has 0 spiro atoms. The van der Waals surface area contributed by atoms with E-state index in [1.54, 1.807) is 18.3 Å². The molecule has 4 heterocycles. The Balaban J connectivity index is 1.40. The lowest BCUT2D eigenvalue weighted by atomic mass is 10.1. The first kappa shape index (κ1) is 20.1. The molecule has 5 rings (SSSR count). The van der Waals surface area contributed by atoms with Gasteiger partial charge in [0.2, 0.25) is 11.7 Å². The van der Waals surface area contributed by atoms with Gasteiger partial charge in [0.1, 0.15) is 6.54 Å². The largest absolute Gasteiger partial charge is 0.376 e. The average molecular weight is 434 g/mol. The van der Waals surface area contributed by atoms with Crippen molar-refractivity contribution in [3.63, 3.8) is 0 Å². The summed E-state index contributed by atoms with van der Waals surface area (Å²) in [5.41, 5.74) is 2.38. The topological polar surface area (TPSA) is 117 Å². The SMILES string of the molecule is Cc1ccc(-c2noc(-c3cccn4c(=O)n(CC(=O)NCC5CCCO5)nc34)n2)cc1. The number of ether oxygens (including phenoxy) is 1. The van der Waals surface area contributed by atoms with Crippen LogP contribution in [-0.2, 0) is 16.1 Å². The molecule has 1 saturated heterocycles. The van der Waals surface area contributed by atoms with Gasteiger partial charge < -0.3 is 14.6 Å². The lowest BCUT2D eigenvalue weighted by Crippen LogP contribution is -2.36. The van der Waals surface area contributed by atoms with Crippen LogP contribution in [0.5, 0.6) is 0 Å². The standard InChI is InChI=1S/C22H22N6O4/c1-14-6-8-15(9-7-14)19-24-21(32-26-19)17-5-2-10-27-20(17)25-28(22(27)30)13-18(29)23-12-16-4-3-11-31-16/h2,5-10,16H,3-4,11-13H2,1H3,(H,23,29). The zero-order chi connectivity index (χ0) is 22.1. The number of rotatable bonds is 6. The Hall–Kier alpha value is -3.79. The third kappa shape index (κ3) is 3.92. The van der Waals surface area contributed by atoms with Gasteiger partial charge in [-0.3, -0.25) is 4.79 Å². The zero-order valence-corrected chi connectivity index (χ0v) is 17.5. The number of aromatic nitrogens is 5. The Morgan fingerprint density at radius 1 is 1.25 bits per heavy atom. The summed E-state index contributed by atoms with van der Waals surface area (Å²) in [7, 11) is 0. The molecule has 1 unspecified atom stereocenters. The second-order valence-electron chi connectivity index (χ2n) is 7.78. The maximum Gasteiger partial charge on any atom is 0.350 e. The Morgan fingerprint density at radius 2 is 2.09 bits per heavy atom. The van der Waals surface area contributed by atoms with Crippen LogP contribution in [0.3, 0.4) is 0 Å². The first-order valence-corrected chi connectivity index (χ1v) is 10.5. The van der Waals surface area contributed by atoms with Crippen LogP contribution in [0, 0.1) is 6.92 Å². The second kappa shape index (κ2) is 8.39. The van der Waals surface area contributed by atoms with Gasteiger partial charge >= 0.3 is 5.69 Å². The molecular formula is C22H22N6O4. The smallest absolute Gasteiger partial charge is 0.350 e. The third-order valence-electron chi connectivity index (χ3n) is 5.42. The number of fused-ring (bicyclic) bond motifs is 1. The molecule has 32 heavy (non-hydrogen) atoms. The number of nitrogens with zero attached hydrogens (tertiary/aromatic N) is 5. The van der Waals surface area contributed by atoms with Crippen molar-refractivity contribution >= 4 is 11.6 Å². The van der Waals surface area contributed by atoms with E-state index in [9.17, 15) is 9.59 Å². The van der Waals surface area contributed by atoms with Gasteiger partial charge in [-0.05, 0) is 31.9 Å². The van der Waals surface area contributed by atoms with Crippen LogP contribution in [0.25, 0.3) is 28.5 Å². The Labute approximate surface area is 182 Å². The zero-order valence-electron chi connectivity index (χ0n) is 17.5. The molecule has 4 aromatic rings. The van der Waals surface area contributed by atoms with E-state index < -0.39 is 5.69 Å². The molecular weight excluding hydrogens is 412 g/mol. The normalized spacial score (nSPS) is 16.0. The first-order chi connectivity index (χ1) is 15.6. The summed E-state index contributed by atoms with van der Waals surface area (Å²) in [4.78, 5) is 29.5. The number of amides is 1. The highest BCUT2D eigenvalue weighted by Crippen LogP contribution is 2.24. The van der Waals surface area contributed by atoms with E-state index in [0.29, 0.717) is 23.6 Å². The van der Waals surface area contributed by atoms with Crippen molar-refractivity contribution in [3.8, 4) is 22.8 Å². The molecule has 0 saturated carbocycles. The van der Waals surface area contributed by atoms with Crippen LogP contribution in [0.4, 0.5) is 0 Å². The van der Waals surface area contributed by atoms with E-state index in [0.717, 1.165) is 35.3 Å². The molecule has 10 nitrogen and oxygen atoms in total. The van der Waals surface area contributed by atoms with E-state index in [1.807, 2.05) is 31.2 Å². The Bertz CT molecular complexity index is 1310. The lowest BCUT2D eigenvalue weighted by Gasteiger charge is -2.10. The van der Waals surface area contributed by atoms with E-state index in [1.165, 1.54) is 4.40 Å². The fraction of sp³-hybridized carbons (Fsp3) is 0.318. The highest BCUT2D eigenvalue weighted by molar-refractivity contribution is 5.76. The molecule has 0 aliphatic carbocycles. The van der Waals surface area contributed by atoms with Gasteiger partial charge in [-0.1, -0.05) is 35.0 Å². The molecule has 1 N–H and O–H groups in total. The summed E-state index contributed by atoms with van der Waals surface area (Å²) in [6.45, 7) is 2.96. The number of hydrogen-bond acceptors (Lipinski definition) is 7. The molecule has 3 aromatic heterocycles. The van der Waals surface area contributed by atoms with Gasteiger partial charge in [0.05, 0.1) is 11.7 Å². The summed E-state index contributed by atoms with van der Waals surface area (Å²) in [6, 6.07) is 11.2. The van der Waals surface area contributed by atoms with Crippen molar-refractivity contribution in [1.29, 1.82) is 0 Å². The maximum absolute atomic E-state index is 12.8.